The number of ether oxygens (including phenoxy) is 1. The van der Waals surface area contributed by atoms with E-state index in [1.54, 1.807) is 38.1 Å². The van der Waals surface area contributed by atoms with Gasteiger partial charge >= 0.3 is 5.97 Å². The molecule has 2 atom stereocenters. The predicted molar refractivity (Wildman–Crippen MR) is 149 cm³/mol. The Morgan fingerprint density at radius 2 is 1.73 bits per heavy atom. The van der Waals surface area contributed by atoms with E-state index in [-0.39, 0.29) is 37.2 Å². The third-order valence-corrected chi connectivity index (χ3v) is 6.27. The van der Waals surface area contributed by atoms with Crippen LogP contribution < -0.4 is 25.2 Å². The van der Waals surface area contributed by atoms with Crippen molar-refractivity contribution in [2.24, 2.45) is 0 Å². The topological polar surface area (TPSA) is 183 Å². The largest absolute Gasteiger partial charge is 0.496 e. The highest BCUT2D eigenvalue weighted by Gasteiger charge is 2.37. The lowest BCUT2D eigenvalue weighted by molar-refractivity contribution is -0.139. The first kappa shape index (κ1) is 32.4. The van der Waals surface area contributed by atoms with Crippen molar-refractivity contribution in [1.82, 2.24) is 10.6 Å². The van der Waals surface area contributed by atoms with Crippen molar-refractivity contribution in [3.63, 3.8) is 0 Å². The normalized spacial score (nSPS) is 15.0. The molecule has 0 aromatic heterocycles. The van der Waals surface area contributed by atoms with Gasteiger partial charge in [-0.15, -0.1) is 0 Å². The number of aliphatic hydroxyl groups is 1. The highest BCUT2D eigenvalue weighted by Crippen LogP contribution is 2.33. The van der Waals surface area contributed by atoms with E-state index in [0.717, 1.165) is 9.80 Å². The van der Waals surface area contributed by atoms with Gasteiger partial charge in [0.1, 0.15) is 31.2 Å². The molecule has 0 saturated carbocycles. The Morgan fingerprint density at radius 1 is 1.12 bits per heavy atom. The molecule has 0 fully saturated rings. The Kier molecular flexibility index (Phi) is 11.1. The third kappa shape index (κ3) is 7.45. The van der Waals surface area contributed by atoms with Crippen LogP contribution in [0.5, 0.6) is 5.75 Å². The van der Waals surface area contributed by atoms with Gasteiger partial charge in [0.15, 0.2) is 0 Å². The smallest absolute Gasteiger partial charge is 0.305 e. The zero-order chi connectivity index (χ0) is 29.6. The number of aldehydes is 1. The van der Waals surface area contributed by atoms with Gasteiger partial charge in [-0.05, 0) is 49.2 Å². The molecule has 2 aromatic rings. The number of aliphatic hydroxyl groups excluding tert-OH is 1. The fourth-order valence-corrected chi connectivity index (χ4v) is 4.54. The minimum atomic E-state index is -1.34. The molecule has 0 aliphatic carbocycles. The van der Waals surface area contributed by atoms with E-state index in [0.29, 0.717) is 16.9 Å². The van der Waals surface area contributed by atoms with Crippen LogP contribution in [0.4, 0.5) is 11.4 Å². The summed E-state index contributed by atoms with van der Waals surface area (Å²) < 4.78 is 5.34. The summed E-state index contributed by atoms with van der Waals surface area (Å²) in [4.78, 5) is 77.0. The molecule has 0 saturated heterocycles. The number of anilines is 2. The number of nitrogens with one attached hydrogen (secondary N) is 2. The number of para-hydroxylation sites is 2. The second kappa shape index (κ2) is 14.0. The van der Waals surface area contributed by atoms with Gasteiger partial charge in [-0.1, -0.05) is 19.6 Å². The molecule has 0 spiro atoms. The fourth-order valence-electron chi connectivity index (χ4n) is 4.54. The molecule has 3 rings (SSSR count). The molecule has 1 heterocycles. The van der Waals surface area contributed by atoms with Gasteiger partial charge in [-0.25, -0.2) is 0 Å². The van der Waals surface area contributed by atoms with Crippen molar-refractivity contribution >= 4 is 47.3 Å². The van der Waals surface area contributed by atoms with Crippen LogP contribution in [0.2, 0.25) is 0 Å². The van der Waals surface area contributed by atoms with E-state index in [9.17, 15) is 33.9 Å². The van der Waals surface area contributed by atoms with Crippen molar-refractivity contribution in [1.29, 1.82) is 0 Å². The standard InChI is InChI=1S/C27H30N4O9.CH4/c1-15-8-17(9-16(2)25(15)40-3)26(38)29-19-11-30(23(35)14-33)20-6-4-5-7-21(20)31(27(19)39)12-22(34)28-18(13-32)10-24(36)37;/h4-9,13,18-19,33H,10-12,14H2,1-3H3,(H,28,34)(H,29,38)(H,36,37);1H4/t18-,19-;/m0./s1. The lowest BCUT2D eigenvalue weighted by atomic mass is 10.0. The predicted octanol–water partition coefficient (Wildman–Crippen LogP) is 0.577. The van der Waals surface area contributed by atoms with E-state index in [4.69, 9.17) is 9.84 Å². The molecule has 0 bridgehead atoms. The number of methoxy groups -OCH3 is 1. The zero-order valence-electron chi connectivity index (χ0n) is 22.2. The zero-order valence-corrected chi connectivity index (χ0v) is 22.2. The summed E-state index contributed by atoms with van der Waals surface area (Å²) in [5.41, 5.74) is 1.95. The van der Waals surface area contributed by atoms with Gasteiger partial charge in [0, 0.05) is 5.56 Å². The van der Waals surface area contributed by atoms with Crippen molar-refractivity contribution in [3.05, 3.63) is 53.1 Å². The summed E-state index contributed by atoms with van der Waals surface area (Å²) in [5.74, 6) is -3.66. The van der Waals surface area contributed by atoms with Crippen molar-refractivity contribution < 1.29 is 43.7 Å². The van der Waals surface area contributed by atoms with Gasteiger partial charge < -0.3 is 35.3 Å². The van der Waals surface area contributed by atoms with Crippen LogP contribution in [0.15, 0.2) is 36.4 Å². The van der Waals surface area contributed by atoms with E-state index in [2.05, 4.69) is 10.6 Å². The molecule has 2 aromatic carbocycles. The molecule has 220 valence electrons. The molecule has 13 nitrogen and oxygen atoms in total. The molecular formula is C28H34N4O9. The highest BCUT2D eigenvalue weighted by molar-refractivity contribution is 6.11. The average Bonchev–Trinajstić information content (AvgIpc) is 3.02. The van der Waals surface area contributed by atoms with Crippen LogP contribution in [0.25, 0.3) is 0 Å². The molecule has 41 heavy (non-hydrogen) atoms. The molecule has 4 amide bonds. The number of amides is 4. The van der Waals surface area contributed by atoms with Gasteiger partial charge in [-0.3, -0.25) is 28.9 Å². The number of aryl methyl sites for hydroxylation is 2. The first-order chi connectivity index (χ1) is 19.0. The van der Waals surface area contributed by atoms with Gasteiger partial charge in [0.25, 0.3) is 17.7 Å². The van der Waals surface area contributed by atoms with Crippen molar-refractivity contribution in [2.75, 3.05) is 36.6 Å². The summed E-state index contributed by atoms with van der Waals surface area (Å²) in [5, 5.41) is 23.5. The number of rotatable bonds is 10. The number of fused-ring (bicyclic) bond motifs is 1. The second-order valence-corrected chi connectivity index (χ2v) is 9.15. The third-order valence-electron chi connectivity index (χ3n) is 6.27. The Balaban J connectivity index is 0.00000588. The number of carbonyl (C=O) groups is 6. The molecule has 13 heteroatoms. The number of aliphatic carboxylic acids is 1. The Bertz CT molecular complexity index is 1320. The van der Waals surface area contributed by atoms with Crippen LogP contribution in [0, 0.1) is 13.8 Å². The summed E-state index contributed by atoms with van der Waals surface area (Å²) in [6, 6.07) is 6.66. The maximum atomic E-state index is 13.8. The summed E-state index contributed by atoms with van der Waals surface area (Å²) in [6.45, 7) is 1.65. The number of nitrogens with zero attached hydrogens (tertiary/aromatic N) is 2. The maximum absolute atomic E-state index is 13.8. The van der Waals surface area contributed by atoms with E-state index in [1.807, 2.05) is 0 Å². The maximum Gasteiger partial charge on any atom is 0.305 e. The molecule has 0 radical (unpaired) electrons. The van der Waals surface area contributed by atoms with Crippen molar-refractivity contribution in [3.8, 4) is 5.75 Å². The summed E-state index contributed by atoms with van der Waals surface area (Å²) >= 11 is 0. The fraction of sp³-hybridized carbons (Fsp3) is 0.357. The molecule has 1 aliphatic rings. The Morgan fingerprint density at radius 3 is 2.27 bits per heavy atom. The van der Waals surface area contributed by atoms with Crippen LogP contribution in [-0.2, 0) is 24.0 Å². The molecule has 4 N–H and O–H groups in total. The Labute approximate surface area is 237 Å². The second-order valence-electron chi connectivity index (χ2n) is 9.15. The molecular weight excluding hydrogens is 536 g/mol. The van der Waals surface area contributed by atoms with E-state index >= 15 is 0 Å². The average molecular weight is 571 g/mol. The van der Waals surface area contributed by atoms with E-state index in [1.165, 1.54) is 19.2 Å². The minimum absolute atomic E-state index is 0. The molecule has 1 aliphatic heterocycles. The highest BCUT2D eigenvalue weighted by atomic mass is 16.5. The lowest BCUT2D eigenvalue weighted by Gasteiger charge is -2.25. The van der Waals surface area contributed by atoms with Gasteiger partial charge in [-0.2, -0.15) is 0 Å². The SMILES string of the molecule is C.COc1c(C)cc(C(=O)N[C@H]2CN(C(=O)CO)c3ccccc3N(CC(=O)N[C@H](C=O)CC(=O)O)C2=O)cc1C. The van der Waals surface area contributed by atoms with Crippen LogP contribution in [0.1, 0.15) is 35.3 Å². The number of benzene rings is 2. The van der Waals surface area contributed by atoms with Crippen LogP contribution in [-0.4, -0.2) is 85.0 Å². The first-order valence-electron chi connectivity index (χ1n) is 12.2. The number of carboxylic acid groups (broad SMARTS) is 1. The van der Waals surface area contributed by atoms with Gasteiger partial charge in [0.2, 0.25) is 5.91 Å². The summed E-state index contributed by atoms with van der Waals surface area (Å²) in [7, 11) is 1.51. The van der Waals surface area contributed by atoms with Crippen LogP contribution in [0.3, 0.4) is 0 Å². The Hall–Kier alpha value is -4.78. The lowest BCUT2D eigenvalue weighted by Crippen LogP contribution is -2.55. The van der Waals surface area contributed by atoms with E-state index < -0.39 is 61.3 Å². The van der Waals surface area contributed by atoms with Crippen LogP contribution >= 0.6 is 0 Å². The number of hydrogen-bond acceptors (Lipinski definition) is 8. The van der Waals surface area contributed by atoms with Crippen molar-refractivity contribution in [2.45, 2.75) is 39.8 Å². The first-order valence-corrected chi connectivity index (χ1v) is 12.2. The van der Waals surface area contributed by atoms with Gasteiger partial charge in [0.05, 0.1) is 37.5 Å². The minimum Gasteiger partial charge on any atom is -0.496 e. The summed E-state index contributed by atoms with van der Waals surface area (Å²) in [6.07, 6.45) is -0.383. The molecule has 0 unspecified atom stereocenters. The monoisotopic (exact) mass is 570 g/mol. The quantitative estimate of drug-likeness (QED) is 0.297. The number of hydrogen-bond donors (Lipinski definition) is 4. The number of carbonyl (C=O) groups excluding carboxylic acids is 5. The number of carboxylic acids is 1.